The Morgan fingerprint density at radius 1 is 1.37 bits per heavy atom. The molecule has 5 nitrogen and oxygen atoms in total. The highest BCUT2D eigenvalue weighted by molar-refractivity contribution is 9.10. The normalized spacial score (nSPS) is 11.8. The van der Waals surface area contributed by atoms with Crippen molar-refractivity contribution in [2.24, 2.45) is 0 Å². The maximum Gasteiger partial charge on any atom is 0.240 e. The second kappa shape index (κ2) is 7.35. The first-order valence-corrected chi connectivity index (χ1v) is 8.12. The molecule has 0 saturated heterocycles. The average molecular weight is 351 g/mol. The first-order chi connectivity index (χ1) is 8.92. The van der Waals surface area contributed by atoms with Gasteiger partial charge in [-0.3, -0.25) is 0 Å². The zero-order chi connectivity index (χ0) is 14.5. The van der Waals surface area contributed by atoms with E-state index in [2.05, 4.69) is 26.0 Å². The number of sulfonamides is 1. The largest absolute Gasteiger partial charge is 0.383 e. The fourth-order valence-electron chi connectivity index (χ4n) is 1.65. The maximum absolute atomic E-state index is 12.2. The molecular formula is C12H19BrN2O3S. The number of hydrogen-bond acceptors (Lipinski definition) is 4. The van der Waals surface area contributed by atoms with Crippen LogP contribution in [0.1, 0.15) is 11.1 Å². The van der Waals surface area contributed by atoms with E-state index in [1.54, 1.807) is 13.0 Å². The second-order valence-electron chi connectivity index (χ2n) is 4.12. The molecule has 1 aromatic carbocycles. The van der Waals surface area contributed by atoms with Crippen LogP contribution in [0.3, 0.4) is 0 Å². The minimum atomic E-state index is -3.51. The van der Waals surface area contributed by atoms with Crippen LogP contribution in [-0.2, 0) is 21.3 Å². The van der Waals surface area contributed by atoms with Crippen LogP contribution in [0, 0.1) is 6.92 Å². The van der Waals surface area contributed by atoms with Gasteiger partial charge < -0.3 is 10.1 Å². The van der Waals surface area contributed by atoms with E-state index in [0.717, 1.165) is 10.0 Å². The zero-order valence-electron chi connectivity index (χ0n) is 11.3. The fourth-order valence-corrected chi connectivity index (χ4v) is 3.61. The highest BCUT2D eigenvalue weighted by Gasteiger charge is 2.18. The average Bonchev–Trinajstić information content (AvgIpc) is 2.34. The lowest BCUT2D eigenvalue weighted by atomic mass is 10.1. The van der Waals surface area contributed by atoms with Crippen LogP contribution in [-0.4, -0.2) is 35.7 Å². The van der Waals surface area contributed by atoms with Gasteiger partial charge in [0.25, 0.3) is 0 Å². The molecule has 0 heterocycles. The minimum absolute atomic E-state index is 0.256. The standard InChI is InChI=1S/C12H19BrN2O3S/c1-9-11(13)6-10(8-14-2)7-12(9)19(16,17)15-4-5-18-3/h6-7,14-15H,4-5,8H2,1-3H3. The molecule has 0 amide bonds. The van der Waals surface area contributed by atoms with Crippen molar-refractivity contribution in [2.45, 2.75) is 18.4 Å². The van der Waals surface area contributed by atoms with E-state index in [0.29, 0.717) is 23.6 Å². The third kappa shape index (κ3) is 4.54. The molecule has 0 aromatic heterocycles. The van der Waals surface area contributed by atoms with Crippen LogP contribution < -0.4 is 10.0 Å². The summed E-state index contributed by atoms with van der Waals surface area (Å²) in [5.74, 6) is 0. The van der Waals surface area contributed by atoms with E-state index < -0.39 is 10.0 Å². The summed E-state index contributed by atoms with van der Waals surface area (Å²) in [7, 11) is -0.165. The minimum Gasteiger partial charge on any atom is -0.383 e. The smallest absolute Gasteiger partial charge is 0.240 e. The van der Waals surface area contributed by atoms with Gasteiger partial charge in [-0.05, 0) is 37.2 Å². The molecule has 19 heavy (non-hydrogen) atoms. The first kappa shape index (κ1) is 16.6. The Balaban J connectivity index is 3.10. The Kier molecular flexibility index (Phi) is 6.41. The van der Waals surface area contributed by atoms with Gasteiger partial charge >= 0.3 is 0 Å². The quantitative estimate of drug-likeness (QED) is 0.729. The monoisotopic (exact) mass is 350 g/mol. The summed E-state index contributed by atoms with van der Waals surface area (Å²) in [6, 6.07) is 3.60. The lowest BCUT2D eigenvalue weighted by Gasteiger charge is -2.12. The van der Waals surface area contributed by atoms with Crippen LogP contribution in [0.25, 0.3) is 0 Å². The van der Waals surface area contributed by atoms with Gasteiger partial charge in [-0.25, -0.2) is 13.1 Å². The number of rotatable bonds is 7. The lowest BCUT2D eigenvalue weighted by molar-refractivity contribution is 0.204. The topological polar surface area (TPSA) is 67.4 Å². The Morgan fingerprint density at radius 2 is 2.05 bits per heavy atom. The third-order valence-corrected chi connectivity index (χ3v) is 5.04. The predicted molar refractivity (Wildman–Crippen MR) is 78.7 cm³/mol. The lowest BCUT2D eigenvalue weighted by Crippen LogP contribution is -2.28. The van der Waals surface area contributed by atoms with E-state index in [4.69, 9.17) is 4.74 Å². The number of halogens is 1. The predicted octanol–water partition coefficient (Wildman–Crippen LogP) is 1.40. The van der Waals surface area contributed by atoms with Crippen LogP contribution >= 0.6 is 15.9 Å². The summed E-state index contributed by atoms with van der Waals surface area (Å²) in [4.78, 5) is 0.295. The summed E-state index contributed by atoms with van der Waals surface area (Å²) in [6.07, 6.45) is 0. The van der Waals surface area contributed by atoms with Crippen molar-refractivity contribution in [2.75, 3.05) is 27.3 Å². The molecule has 0 radical (unpaired) electrons. The molecule has 108 valence electrons. The highest BCUT2D eigenvalue weighted by atomic mass is 79.9. The number of hydrogen-bond donors (Lipinski definition) is 2. The molecule has 0 aliphatic heterocycles. The molecule has 0 fully saturated rings. The SMILES string of the molecule is CNCc1cc(Br)c(C)c(S(=O)(=O)NCCOC)c1. The highest BCUT2D eigenvalue weighted by Crippen LogP contribution is 2.25. The van der Waals surface area contributed by atoms with Crippen molar-refractivity contribution in [3.8, 4) is 0 Å². The van der Waals surface area contributed by atoms with Crippen LogP contribution in [0.15, 0.2) is 21.5 Å². The van der Waals surface area contributed by atoms with E-state index in [-0.39, 0.29) is 6.54 Å². The molecule has 0 aliphatic carbocycles. The fraction of sp³-hybridized carbons (Fsp3) is 0.500. The van der Waals surface area contributed by atoms with Crippen molar-refractivity contribution >= 4 is 26.0 Å². The Labute approximate surface area is 122 Å². The molecule has 0 aliphatic rings. The van der Waals surface area contributed by atoms with E-state index >= 15 is 0 Å². The zero-order valence-corrected chi connectivity index (χ0v) is 13.7. The van der Waals surface area contributed by atoms with E-state index in [9.17, 15) is 8.42 Å². The Morgan fingerprint density at radius 3 is 2.63 bits per heavy atom. The van der Waals surface area contributed by atoms with Gasteiger partial charge in [0.15, 0.2) is 0 Å². The van der Waals surface area contributed by atoms with E-state index in [1.165, 1.54) is 7.11 Å². The van der Waals surface area contributed by atoms with Crippen molar-refractivity contribution in [3.05, 3.63) is 27.7 Å². The van der Waals surface area contributed by atoms with Gasteiger partial charge in [0.1, 0.15) is 0 Å². The Hall–Kier alpha value is -0.470. The summed E-state index contributed by atoms with van der Waals surface area (Å²) in [5.41, 5.74) is 1.61. The third-order valence-electron chi connectivity index (χ3n) is 2.63. The van der Waals surface area contributed by atoms with Gasteiger partial charge in [-0.1, -0.05) is 15.9 Å². The Bertz CT molecular complexity index is 532. The van der Waals surface area contributed by atoms with Gasteiger partial charge in [0, 0.05) is 24.7 Å². The molecule has 0 saturated carbocycles. The molecule has 0 bridgehead atoms. The maximum atomic E-state index is 12.2. The molecule has 1 aromatic rings. The summed E-state index contributed by atoms with van der Waals surface area (Å²) < 4.78 is 32.6. The molecule has 2 N–H and O–H groups in total. The summed E-state index contributed by atoms with van der Waals surface area (Å²) in [6.45, 7) is 2.99. The molecule has 0 spiro atoms. The molecule has 0 atom stereocenters. The molecule has 7 heteroatoms. The first-order valence-electron chi connectivity index (χ1n) is 5.84. The summed E-state index contributed by atoms with van der Waals surface area (Å²) in [5, 5.41) is 3.01. The van der Waals surface area contributed by atoms with Gasteiger partial charge in [-0.15, -0.1) is 0 Å². The van der Waals surface area contributed by atoms with Gasteiger partial charge in [0.05, 0.1) is 11.5 Å². The number of benzene rings is 1. The molecular weight excluding hydrogens is 332 g/mol. The summed E-state index contributed by atoms with van der Waals surface area (Å²) >= 11 is 3.40. The van der Waals surface area contributed by atoms with Crippen molar-refractivity contribution < 1.29 is 13.2 Å². The molecule has 1 rings (SSSR count). The van der Waals surface area contributed by atoms with Gasteiger partial charge in [0.2, 0.25) is 10.0 Å². The second-order valence-corrected chi connectivity index (χ2v) is 6.71. The van der Waals surface area contributed by atoms with E-state index in [1.807, 2.05) is 13.1 Å². The van der Waals surface area contributed by atoms with Crippen molar-refractivity contribution in [1.82, 2.24) is 10.0 Å². The van der Waals surface area contributed by atoms with Crippen molar-refractivity contribution in [1.29, 1.82) is 0 Å². The molecule has 0 unspecified atom stereocenters. The van der Waals surface area contributed by atoms with Crippen LogP contribution in [0.5, 0.6) is 0 Å². The van der Waals surface area contributed by atoms with Crippen molar-refractivity contribution in [3.63, 3.8) is 0 Å². The van der Waals surface area contributed by atoms with Gasteiger partial charge in [-0.2, -0.15) is 0 Å². The number of nitrogens with one attached hydrogen (secondary N) is 2. The van der Waals surface area contributed by atoms with Crippen LogP contribution in [0.4, 0.5) is 0 Å². The number of methoxy groups -OCH3 is 1. The number of ether oxygens (including phenoxy) is 1. The van der Waals surface area contributed by atoms with Crippen LogP contribution in [0.2, 0.25) is 0 Å².